The topological polar surface area (TPSA) is 48.7 Å². The number of rotatable bonds is 8. The van der Waals surface area contributed by atoms with Crippen LogP contribution < -0.4 is 4.74 Å². The van der Waals surface area contributed by atoms with Crippen molar-refractivity contribution in [2.24, 2.45) is 5.92 Å². The summed E-state index contributed by atoms with van der Waals surface area (Å²) in [7, 11) is 0. The van der Waals surface area contributed by atoms with E-state index in [0.29, 0.717) is 0 Å². The Bertz CT molecular complexity index is 581. The minimum atomic E-state index is 0.189. The maximum atomic E-state index is 9.14. The third-order valence-electron chi connectivity index (χ3n) is 5.23. The molecule has 0 unspecified atom stereocenters. The minimum absolute atomic E-state index is 0.189. The zero-order valence-corrected chi connectivity index (χ0v) is 15.7. The predicted molar refractivity (Wildman–Crippen MR) is 102 cm³/mol. The van der Waals surface area contributed by atoms with Crippen molar-refractivity contribution in [1.29, 1.82) is 5.26 Å². The number of hydrogen-bond acceptors (Lipinski definition) is 5. The van der Waals surface area contributed by atoms with Crippen LogP contribution in [0.2, 0.25) is 0 Å². The Labute approximate surface area is 157 Å². The standard InChI is InChI=1S/C21H31N3O2/c22-16-20-6-4-9-24(18-20)17-19-5-3-7-21(15-19)26-12-2-1-8-23-10-13-25-14-11-23/h3,5,7,15,20H,1-2,4,6,8-14,17-18H2/t20-/m0/s1. The van der Waals surface area contributed by atoms with Crippen LogP contribution in [0.1, 0.15) is 31.2 Å². The third-order valence-corrected chi connectivity index (χ3v) is 5.23. The van der Waals surface area contributed by atoms with Gasteiger partial charge in [0.15, 0.2) is 0 Å². The van der Waals surface area contributed by atoms with Gasteiger partial charge in [-0.3, -0.25) is 9.80 Å². The summed E-state index contributed by atoms with van der Waals surface area (Å²) in [6.07, 6.45) is 4.42. The van der Waals surface area contributed by atoms with Gasteiger partial charge in [0.05, 0.1) is 31.8 Å². The molecule has 0 bridgehead atoms. The number of likely N-dealkylation sites (tertiary alicyclic amines) is 1. The van der Waals surface area contributed by atoms with Crippen molar-refractivity contribution in [1.82, 2.24) is 9.80 Å². The predicted octanol–water partition coefficient (Wildman–Crippen LogP) is 2.91. The second-order valence-corrected chi connectivity index (χ2v) is 7.36. The highest BCUT2D eigenvalue weighted by Gasteiger charge is 2.19. The van der Waals surface area contributed by atoms with Gasteiger partial charge in [-0.25, -0.2) is 0 Å². The van der Waals surface area contributed by atoms with Crippen LogP contribution in [0, 0.1) is 17.2 Å². The summed E-state index contributed by atoms with van der Waals surface area (Å²) in [5, 5.41) is 9.14. The Hall–Kier alpha value is -1.61. The van der Waals surface area contributed by atoms with Gasteiger partial charge in [-0.15, -0.1) is 0 Å². The van der Waals surface area contributed by atoms with E-state index in [1.54, 1.807) is 0 Å². The highest BCUT2D eigenvalue weighted by Crippen LogP contribution is 2.20. The maximum Gasteiger partial charge on any atom is 0.119 e. The van der Waals surface area contributed by atoms with Gasteiger partial charge in [-0.2, -0.15) is 5.26 Å². The van der Waals surface area contributed by atoms with Gasteiger partial charge in [0, 0.05) is 26.2 Å². The second-order valence-electron chi connectivity index (χ2n) is 7.36. The number of piperidine rings is 1. The lowest BCUT2D eigenvalue weighted by Crippen LogP contribution is -2.36. The van der Waals surface area contributed by atoms with Crippen LogP contribution in [0.3, 0.4) is 0 Å². The van der Waals surface area contributed by atoms with Crippen molar-refractivity contribution in [2.75, 3.05) is 52.5 Å². The molecule has 0 spiro atoms. The molecule has 0 radical (unpaired) electrons. The Morgan fingerprint density at radius 3 is 2.88 bits per heavy atom. The molecule has 1 atom stereocenters. The fraction of sp³-hybridized carbons (Fsp3) is 0.667. The zero-order valence-electron chi connectivity index (χ0n) is 15.7. The molecule has 0 saturated carbocycles. The van der Waals surface area contributed by atoms with Crippen LogP contribution in [0.5, 0.6) is 5.75 Å². The quantitative estimate of drug-likeness (QED) is 0.670. The van der Waals surface area contributed by atoms with E-state index in [4.69, 9.17) is 14.7 Å². The molecule has 142 valence electrons. The highest BCUT2D eigenvalue weighted by molar-refractivity contribution is 5.28. The van der Waals surface area contributed by atoms with Crippen molar-refractivity contribution in [3.05, 3.63) is 29.8 Å². The molecule has 26 heavy (non-hydrogen) atoms. The molecule has 1 aromatic rings. The number of unbranched alkanes of at least 4 members (excludes halogenated alkanes) is 1. The van der Waals surface area contributed by atoms with Crippen molar-refractivity contribution >= 4 is 0 Å². The normalized spacial score (nSPS) is 22.0. The van der Waals surface area contributed by atoms with Gasteiger partial charge in [0.1, 0.15) is 5.75 Å². The fourth-order valence-corrected chi connectivity index (χ4v) is 3.75. The van der Waals surface area contributed by atoms with Crippen LogP contribution in [-0.4, -0.2) is 62.3 Å². The summed E-state index contributed by atoms with van der Waals surface area (Å²) in [6, 6.07) is 10.8. The molecule has 0 amide bonds. The maximum absolute atomic E-state index is 9.14. The first-order valence-electron chi connectivity index (χ1n) is 9.97. The summed E-state index contributed by atoms with van der Waals surface area (Å²) in [6.45, 7) is 8.67. The van der Waals surface area contributed by atoms with E-state index in [9.17, 15) is 0 Å². The van der Waals surface area contributed by atoms with Gasteiger partial charge in [-0.1, -0.05) is 12.1 Å². The van der Waals surface area contributed by atoms with Crippen LogP contribution in [0.4, 0.5) is 0 Å². The molecule has 2 fully saturated rings. The van der Waals surface area contributed by atoms with E-state index in [2.05, 4.69) is 34.1 Å². The molecule has 0 aliphatic carbocycles. The Balaban J connectivity index is 1.36. The van der Waals surface area contributed by atoms with Crippen molar-refractivity contribution in [3.63, 3.8) is 0 Å². The van der Waals surface area contributed by atoms with Crippen LogP contribution in [0.15, 0.2) is 24.3 Å². The number of hydrogen-bond donors (Lipinski definition) is 0. The lowest BCUT2D eigenvalue weighted by atomic mass is 9.99. The summed E-state index contributed by atoms with van der Waals surface area (Å²) < 4.78 is 11.3. The largest absolute Gasteiger partial charge is 0.494 e. The van der Waals surface area contributed by atoms with Crippen LogP contribution in [0.25, 0.3) is 0 Å². The van der Waals surface area contributed by atoms with Crippen LogP contribution >= 0.6 is 0 Å². The summed E-state index contributed by atoms with van der Waals surface area (Å²) in [5.74, 6) is 1.15. The molecule has 2 aliphatic rings. The van der Waals surface area contributed by atoms with E-state index >= 15 is 0 Å². The molecule has 2 aliphatic heterocycles. The monoisotopic (exact) mass is 357 g/mol. The summed E-state index contributed by atoms with van der Waals surface area (Å²) >= 11 is 0. The highest BCUT2D eigenvalue weighted by atomic mass is 16.5. The van der Waals surface area contributed by atoms with Gasteiger partial charge in [0.2, 0.25) is 0 Å². The Morgan fingerprint density at radius 2 is 2.04 bits per heavy atom. The van der Waals surface area contributed by atoms with Gasteiger partial charge in [-0.05, 0) is 56.5 Å². The Morgan fingerprint density at radius 1 is 1.15 bits per heavy atom. The average molecular weight is 357 g/mol. The lowest BCUT2D eigenvalue weighted by Gasteiger charge is -2.29. The van der Waals surface area contributed by atoms with Gasteiger partial charge in [0.25, 0.3) is 0 Å². The van der Waals surface area contributed by atoms with E-state index in [0.717, 1.165) is 84.1 Å². The van der Waals surface area contributed by atoms with Crippen molar-refractivity contribution in [3.8, 4) is 11.8 Å². The molecule has 0 aromatic heterocycles. The molecule has 2 saturated heterocycles. The molecular formula is C21H31N3O2. The van der Waals surface area contributed by atoms with Gasteiger partial charge < -0.3 is 9.47 Å². The molecule has 1 aromatic carbocycles. The first-order chi connectivity index (χ1) is 12.8. The van der Waals surface area contributed by atoms with E-state index in [1.807, 2.05) is 6.07 Å². The Kier molecular flexibility index (Phi) is 7.75. The molecular weight excluding hydrogens is 326 g/mol. The second kappa shape index (κ2) is 10.5. The lowest BCUT2D eigenvalue weighted by molar-refractivity contribution is 0.0368. The molecule has 0 N–H and O–H groups in total. The smallest absolute Gasteiger partial charge is 0.119 e. The number of morpholine rings is 1. The molecule has 3 rings (SSSR count). The number of ether oxygens (including phenoxy) is 2. The third kappa shape index (κ3) is 6.28. The minimum Gasteiger partial charge on any atom is -0.494 e. The SMILES string of the molecule is N#C[C@@H]1CCCN(Cc2cccc(OCCCCN3CCOCC3)c2)C1. The van der Waals surface area contributed by atoms with Crippen molar-refractivity contribution in [2.45, 2.75) is 32.2 Å². The summed E-state index contributed by atoms with van der Waals surface area (Å²) in [5.41, 5.74) is 1.27. The molecule has 5 nitrogen and oxygen atoms in total. The van der Waals surface area contributed by atoms with Crippen LogP contribution in [-0.2, 0) is 11.3 Å². The number of nitriles is 1. The van der Waals surface area contributed by atoms with Gasteiger partial charge >= 0.3 is 0 Å². The fourth-order valence-electron chi connectivity index (χ4n) is 3.75. The number of benzene rings is 1. The molecule has 2 heterocycles. The summed E-state index contributed by atoms with van der Waals surface area (Å²) in [4.78, 5) is 4.86. The molecule has 5 heteroatoms. The van der Waals surface area contributed by atoms with E-state index in [-0.39, 0.29) is 5.92 Å². The van der Waals surface area contributed by atoms with E-state index < -0.39 is 0 Å². The average Bonchev–Trinajstić information content (AvgIpc) is 2.69. The number of nitrogens with zero attached hydrogens (tertiary/aromatic N) is 3. The first-order valence-corrected chi connectivity index (χ1v) is 9.97. The van der Waals surface area contributed by atoms with E-state index in [1.165, 1.54) is 12.0 Å². The first kappa shape index (κ1) is 19.2. The van der Waals surface area contributed by atoms with Crippen molar-refractivity contribution < 1.29 is 9.47 Å². The zero-order chi connectivity index (χ0) is 18.0.